The number of fused-ring (bicyclic) bond motifs is 4. The molecule has 0 saturated heterocycles. The monoisotopic (exact) mass is 566 g/mol. The molecule has 2 saturated carbocycles. The standard InChI is InChI=1S/C36H42N2O4/c1-23(39)36(41-24(2)40)20-19-33-31-17-13-26-21-27(37-42-29-9-7-6-8-10-29)14-18-30(26)34(31)32(22-35(33,36)3)25-11-15-28(16-12-25)38(4)5/h6-12,15-16,21,31-33H,13-14,17-20,22H2,1-5H3/b37-27-. The molecule has 2 aromatic carbocycles. The fourth-order valence-electron chi connectivity index (χ4n) is 8.69. The van der Waals surface area contributed by atoms with Crippen molar-refractivity contribution in [1.29, 1.82) is 0 Å². The quantitative estimate of drug-likeness (QED) is 0.269. The summed E-state index contributed by atoms with van der Waals surface area (Å²) in [6, 6.07) is 18.6. The van der Waals surface area contributed by atoms with Crippen LogP contribution in [0.1, 0.15) is 77.2 Å². The van der Waals surface area contributed by atoms with E-state index in [0.717, 1.165) is 55.7 Å². The van der Waals surface area contributed by atoms with E-state index in [-0.39, 0.29) is 17.7 Å². The molecular weight excluding hydrogens is 524 g/mol. The van der Waals surface area contributed by atoms with Gasteiger partial charge in [0.1, 0.15) is 0 Å². The van der Waals surface area contributed by atoms with Crippen LogP contribution in [0.3, 0.4) is 0 Å². The van der Waals surface area contributed by atoms with Crippen molar-refractivity contribution in [3.05, 3.63) is 83.0 Å². The Labute approximate surface area is 249 Å². The van der Waals surface area contributed by atoms with E-state index in [9.17, 15) is 9.59 Å². The molecular formula is C36H42N2O4. The highest BCUT2D eigenvalue weighted by Crippen LogP contribution is 2.67. The predicted octanol–water partition coefficient (Wildman–Crippen LogP) is 7.41. The van der Waals surface area contributed by atoms with Crippen LogP contribution >= 0.6 is 0 Å². The molecule has 0 aliphatic heterocycles. The number of nitrogens with zero attached hydrogens (tertiary/aromatic N) is 2. The summed E-state index contributed by atoms with van der Waals surface area (Å²) in [6.07, 6.45) is 8.31. The topological polar surface area (TPSA) is 68.2 Å². The fourth-order valence-corrected chi connectivity index (χ4v) is 8.69. The van der Waals surface area contributed by atoms with Crippen molar-refractivity contribution in [2.45, 2.75) is 77.2 Å². The lowest BCUT2D eigenvalue weighted by Crippen LogP contribution is -2.57. The van der Waals surface area contributed by atoms with Crippen LogP contribution < -0.4 is 9.74 Å². The maximum Gasteiger partial charge on any atom is 0.303 e. The van der Waals surface area contributed by atoms with Gasteiger partial charge in [0.25, 0.3) is 0 Å². The molecule has 6 rings (SSSR count). The lowest BCUT2D eigenvalue weighted by molar-refractivity contribution is -0.182. The number of rotatable bonds is 6. The molecule has 2 aromatic rings. The Balaban J connectivity index is 1.44. The van der Waals surface area contributed by atoms with Crippen LogP contribution in [-0.2, 0) is 14.3 Å². The van der Waals surface area contributed by atoms with Crippen LogP contribution in [0.4, 0.5) is 5.69 Å². The van der Waals surface area contributed by atoms with E-state index in [1.165, 1.54) is 29.2 Å². The van der Waals surface area contributed by atoms with Gasteiger partial charge in [-0.05, 0) is 111 Å². The first-order valence-corrected chi connectivity index (χ1v) is 15.3. The molecule has 0 aromatic heterocycles. The van der Waals surface area contributed by atoms with E-state index < -0.39 is 11.0 Å². The van der Waals surface area contributed by atoms with Gasteiger partial charge in [-0.3, -0.25) is 9.59 Å². The SMILES string of the molecule is CC(=O)OC1(C(C)=O)CCC2C3CCC4=C/C(=N\Oc5ccccc5)CCC4=C3C(c3ccc(N(C)C)cc3)CC21C. The number of ketones is 1. The van der Waals surface area contributed by atoms with E-state index in [4.69, 9.17) is 9.57 Å². The second-order valence-corrected chi connectivity index (χ2v) is 13.0. The Bertz CT molecular complexity index is 1470. The van der Waals surface area contributed by atoms with Crippen molar-refractivity contribution in [2.75, 3.05) is 19.0 Å². The van der Waals surface area contributed by atoms with E-state index in [1.54, 1.807) is 6.92 Å². The third-order valence-corrected chi connectivity index (χ3v) is 10.6. The van der Waals surface area contributed by atoms with Crippen LogP contribution in [-0.4, -0.2) is 37.2 Å². The zero-order valence-electron chi connectivity index (χ0n) is 25.5. The lowest BCUT2D eigenvalue weighted by atomic mass is 9.50. The van der Waals surface area contributed by atoms with Gasteiger partial charge in [0.15, 0.2) is 17.1 Å². The molecule has 0 radical (unpaired) electrons. The highest BCUT2D eigenvalue weighted by molar-refractivity contribution is 5.97. The smallest absolute Gasteiger partial charge is 0.303 e. The molecule has 6 nitrogen and oxygen atoms in total. The zero-order valence-corrected chi connectivity index (χ0v) is 25.5. The second-order valence-electron chi connectivity index (χ2n) is 13.0. The summed E-state index contributed by atoms with van der Waals surface area (Å²) >= 11 is 0. The van der Waals surface area contributed by atoms with Gasteiger partial charge < -0.3 is 14.5 Å². The molecule has 0 bridgehead atoms. The molecule has 5 atom stereocenters. The molecule has 2 fully saturated rings. The summed E-state index contributed by atoms with van der Waals surface area (Å²) in [4.78, 5) is 33.7. The van der Waals surface area contributed by atoms with Crippen molar-refractivity contribution in [1.82, 2.24) is 0 Å². The normalized spacial score (nSPS) is 31.0. The van der Waals surface area contributed by atoms with Gasteiger partial charge in [-0.2, -0.15) is 0 Å². The summed E-state index contributed by atoms with van der Waals surface area (Å²) in [5, 5.41) is 4.51. The number of ether oxygens (including phenoxy) is 1. The van der Waals surface area contributed by atoms with E-state index >= 15 is 0 Å². The zero-order chi connectivity index (χ0) is 29.6. The number of anilines is 1. The summed E-state index contributed by atoms with van der Waals surface area (Å²) < 4.78 is 6.08. The number of benzene rings is 2. The van der Waals surface area contributed by atoms with Crippen molar-refractivity contribution >= 4 is 23.2 Å². The van der Waals surface area contributed by atoms with E-state index in [0.29, 0.717) is 18.3 Å². The molecule has 4 aliphatic carbocycles. The first-order valence-electron chi connectivity index (χ1n) is 15.3. The van der Waals surface area contributed by atoms with Gasteiger partial charge in [0.05, 0.1) is 5.71 Å². The second kappa shape index (κ2) is 10.9. The number of Topliss-reactive ketones (excluding diaryl/α,β-unsaturated/α-hetero) is 1. The van der Waals surface area contributed by atoms with Crippen molar-refractivity contribution < 1.29 is 19.2 Å². The molecule has 0 spiro atoms. The average Bonchev–Trinajstić information content (AvgIpc) is 3.28. The number of oxime groups is 1. The molecule has 0 amide bonds. The maximum atomic E-state index is 13.4. The Morgan fingerprint density at radius 3 is 2.36 bits per heavy atom. The van der Waals surface area contributed by atoms with Crippen molar-refractivity contribution in [2.24, 2.45) is 22.4 Å². The number of esters is 1. The lowest BCUT2D eigenvalue weighted by Gasteiger charge is -2.55. The Kier molecular flexibility index (Phi) is 7.36. The first kappa shape index (κ1) is 28.4. The van der Waals surface area contributed by atoms with Gasteiger partial charge in [0, 0.05) is 38.0 Å². The highest BCUT2D eigenvalue weighted by Gasteiger charge is 2.67. The highest BCUT2D eigenvalue weighted by atomic mass is 16.6. The minimum atomic E-state index is -1.07. The number of carbonyl (C=O) groups is 2. The first-order chi connectivity index (χ1) is 20.1. The van der Waals surface area contributed by atoms with Crippen LogP contribution in [0.2, 0.25) is 0 Å². The third-order valence-electron chi connectivity index (χ3n) is 10.6. The van der Waals surface area contributed by atoms with Crippen LogP contribution in [0, 0.1) is 17.3 Å². The number of hydrogen-bond donors (Lipinski definition) is 0. The largest absolute Gasteiger partial charge is 0.451 e. The van der Waals surface area contributed by atoms with Gasteiger partial charge in [0.2, 0.25) is 0 Å². The molecule has 0 heterocycles. The molecule has 220 valence electrons. The van der Waals surface area contributed by atoms with Crippen molar-refractivity contribution in [3.63, 3.8) is 0 Å². The molecule has 4 aliphatic rings. The molecule has 5 unspecified atom stereocenters. The Morgan fingerprint density at radius 1 is 0.952 bits per heavy atom. The number of para-hydroxylation sites is 1. The van der Waals surface area contributed by atoms with Crippen molar-refractivity contribution in [3.8, 4) is 5.75 Å². The van der Waals surface area contributed by atoms with Gasteiger partial charge in [-0.1, -0.05) is 48.0 Å². The number of carbonyl (C=O) groups excluding carboxylic acids is 2. The van der Waals surface area contributed by atoms with Gasteiger partial charge >= 0.3 is 5.97 Å². The molecule has 6 heteroatoms. The Hall–Kier alpha value is -3.67. The van der Waals surface area contributed by atoms with Crippen LogP contribution in [0.5, 0.6) is 5.75 Å². The van der Waals surface area contributed by atoms with Gasteiger partial charge in [-0.25, -0.2) is 0 Å². The average molecular weight is 567 g/mol. The van der Waals surface area contributed by atoms with E-state index in [2.05, 4.69) is 61.4 Å². The summed E-state index contributed by atoms with van der Waals surface area (Å²) in [7, 11) is 4.11. The minimum Gasteiger partial charge on any atom is -0.451 e. The summed E-state index contributed by atoms with van der Waals surface area (Å²) in [5.74, 6) is 1.15. The summed E-state index contributed by atoms with van der Waals surface area (Å²) in [6.45, 7) is 5.29. The minimum absolute atomic E-state index is 0.0196. The van der Waals surface area contributed by atoms with Crippen LogP contribution in [0.15, 0.2) is 82.5 Å². The molecule has 42 heavy (non-hydrogen) atoms. The summed E-state index contributed by atoms with van der Waals surface area (Å²) in [5.41, 5.74) is 6.29. The molecule has 0 N–H and O–H groups in total. The van der Waals surface area contributed by atoms with E-state index in [1.807, 2.05) is 30.3 Å². The fraction of sp³-hybridized carbons (Fsp3) is 0.472. The van der Waals surface area contributed by atoms with Gasteiger partial charge in [-0.15, -0.1) is 0 Å². The van der Waals surface area contributed by atoms with Crippen LogP contribution in [0.25, 0.3) is 0 Å². The Morgan fingerprint density at radius 2 is 1.69 bits per heavy atom. The number of allylic oxidation sites excluding steroid dienone is 4. The predicted molar refractivity (Wildman–Crippen MR) is 166 cm³/mol. The number of hydrogen-bond acceptors (Lipinski definition) is 6. The maximum absolute atomic E-state index is 13.4. The third kappa shape index (κ3) is 4.69.